The van der Waals surface area contributed by atoms with Gasteiger partial charge in [0.1, 0.15) is 11.6 Å². The van der Waals surface area contributed by atoms with Crippen molar-refractivity contribution in [1.29, 1.82) is 5.26 Å². The number of aryl methyl sites for hydroxylation is 1. The van der Waals surface area contributed by atoms with Gasteiger partial charge in [-0.15, -0.1) is 5.10 Å². The van der Waals surface area contributed by atoms with E-state index >= 15 is 0 Å². The van der Waals surface area contributed by atoms with Gasteiger partial charge in [0, 0.05) is 11.3 Å². The largest absolute Gasteiger partial charge is 0.504 e. The smallest absolute Gasteiger partial charge is 0.244 e. The Balaban J connectivity index is 2.19. The fraction of sp³-hybridized carbons (Fsp3) is 0.294. The summed E-state index contributed by atoms with van der Waals surface area (Å²) in [4.78, 5) is 0. The molecule has 2 heterocycles. The zero-order valence-electron chi connectivity index (χ0n) is 13.5. The molecule has 0 aliphatic carbocycles. The van der Waals surface area contributed by atoms with E-state index < -0.39 is 5.92 Å². The van der Waals surface area contributed by atoms with Crippen LogP contribution in [0.4, 0.5) is 0 Å². The van der Waals surface area contributed by atoms with Gasteiger partial charge in [-0.3, -0.25) is 5.10 Å². The minimum absolute atomic E-state index is 0.000519. The van der Waals surface area contributed by atoms with E-state index in [4.69, 9.17) is 15.2 Å². The molecule has 1 atom stereocenters. The normalized spacial score (nSPS) is 16.3. The number of aromatic hydroxyl groups is 1. The molecular weight excluding hydrogens is 308 g/mol. The van der Waals surface area contributed by atoms with Gasteiger partial charge in [-0.05, 0) is 24.1 Å². The molecule has 3 rings (SSSR count). The van der Waals surface area contributed by atoms with Crippen LogP contribution in [0.5, 0.6) is 17.4 Å². The fourth-order valence-corrected chi connectivity index (χ4v) is 2.97. The van der Waals surface area contributed by atoms with Gasteiger partial charge in [-0.2, -0.15) is 5.26 Å². The molecule has 0 unspecified atom stereocenters. The summed E-state index contributed by atoms with van der Waals surface area (Å²) in [6.45, 7) is 2.06. The lowest BCUT2D eigenvalue weighted by molar-refractivity contribution is 0.371. The lowest BCUT2D eigenvalue weighted by Gasteiger charge is -2.24. The molecule has 0 radical (unpaired) electrons. The molecular formula is C17H18N4O3. The Morgan fingerprint density at radius 2 is 2.29 bits per heavy atom. The molecule has 2 aromatic rings. The molecule has 1 aromatic heterocycles. The predicted molar refractivity (Wildman–Crippen MR) is 86.5 cm³/mol. The van der Waals surface area contributed by atoms with Crippen molar-refractivity contribution in [2.24, 2.45) is 5.73 Å². The van der Waals surface area contributed by atoms with Crippen LogP contribution < -0.4 is 15.2 Å². The number of allylic oxidation sites excluding steroid dienone is 1. The Bertz CT molecular complexity index is 848. The first-order valence-corrected chi connectivity index (χ1v) is 7.62. The van der Waals surface area contributed by atoms with Gasteiger partial charge in [0.05, 0.1) is 13.0 Å². The molecule has 0 fully saturated rings. The summed E-state index contributed by atoms with van der Waals surface area (Å²) in [6, 6.07) is 7.16. The molecule has 0 saturated carbocycles. The third-order valence-corrected chi connectivity index (χ3v) is 4.05. The predicted octanol–water partition coefficient (Wildman–Crippen LogP) is 2.29. The van der Waals surface area contributed by atoms with Gasteiger partial charge in [0.2, 0.25) is 11.8 Å². The van der Waals surface area contributed by atoms with Crippen molar-refractivity contribution in [1.82, 2.24) is 10.2 Å². The van der Waals surface area contributed by atoms with Gasteiger partial charge >= 0.3 is 0 Å². The van der Waals surface area contributed by atoms with Crippen molar-refractivity contribution < 1.29 is 14.6 Å². The second-order valence-electron chi connectivity index (χ2n) is 5.53. The van der Waals surface area contributed by atoms with E-state index in [0.29, 0.717) is 17.2 Å². The van der Waals surface area contributed by atoms with Gasteiger partial charge in [-0.25, -0.2) is 0 Å². The summed E-state index contributed by atoms with van der Waals surface area (Å²) >= 11 is 0. The van der Waals surface area contributed by atoms with Gasteiger partial charge < -0.3 is 20.3 Å². The molecule has 1 aliphatic heterocycles. The van der Waals surface area contributed by atoms with Crippen molar-refractivity contribution in [3.8, 4) is 23.4 Å². The minimum Gasteiger partial charge on any atom is -0.504 e. The number of hydrogen-bond donors (Lipinski definition) is 3. The maximum atomic E-state index is 10.1. The molecule has 7 heteroatoms. The van der Waals surface area contributed by atoms with E-state index in [1.807, 2.05) is 0 Å². The van der Waals surface area contributed by atoms with E-state index in [-0.39, 0.29) is 11.6 Å². The van der Waals surface area contributed by atoms with E-state index in [1.54, 1.807) is 18.2 Å². The summed E-state index contributed by atoms with van der Waals surface area (Å²) in [7, 11) is 1.48. The number of nitrogens with one attached hydrogen (secondary N) is 1. The van der Waals surface area contributed by atoms with Crippen LogP contribution in [0.15, 0.2) is 29.7 Å². The van der Waals surface area contributed by atoms with Crippen LogP contribution in [0.25, 0.3) is 0 Å². The van der Waals surface area contributed by atoms with Crippen LogP contribution in [0.1, 0.15) is 36.1 Å². The fourth-order valence-electron chi connectivity index (χ4n) is 2.97. The number of nitrogens with two attached hydrogens (primary N) is 1. The summed E-state index contributed by atoms with van der Waals surface area (Å²) in [5, 5.41) is 26.8. The molecule has 0 spiro atoms. The van der Waals surface area contributed by atoms with Crippen molar-refractivity contribution in [3.05, 3.63) is 46.5 Å². The second kappa shape index (κ2) is 6.16. The lowest BCUT2D eigenvalue weighted by atomic mass is 9.83. The summed E-state index contributed by atoms with van der Waals surface area (Å²) < 4.78 is 10.6. The molecule has 0 bridgehead atoms. The van der Waals surface area contributed by atoms with E-state index in [0.717, 1.165) is 29.7 Å². The number of rotatable bonds is 4. The maximum Gasteiger partial charge on any atom is 0.244 e. The van der Waals surface area contributed by atoms with Crippen molar-refractivity contribution in [3.63, 3.8) is 0 Å². The Labute approximate surface area is 139 Å². The van der Waals surface area contributed by atoms with Crippen LogP contribution in [0.3, 0.4) is 0 Å². The number of ether oxygens (including phenoxy) is 2. The molecule has 1 aromatic carbocycles. The van der Waals surface area contributed by atoms with Gasteiger partial charge in [-0.1, -0.05) is 19.4 Å². The number of nitriles is 1. The number of methoxy groups -OCH3 is 1. The topological polar surface area (TPSA) is 117 Å². The second-order valence-corrected chi connectivity index (χ2v) is 5.53. The zero-order valence-corrected chi connectivity index (χ0v) is 13.5. The first-order valence-electron chi connectivity index (χ1n) is 7.62. The maximum absolute atomic E-state index is 10.1. The molecule has 0 amide bonds. The van der Waals surface area contributed by atoms with Crippen LogP contribution in [0.2, 0.25) is 0 Å². The number of benzene rings is 1. The van der Waals surface area contributed by atoms with Crippen molar-refractivity contribution >= 4 is 0 Å². The Kier molecular flexibility index (Phi) is 4.04. The first kappa shape index (κ1) is 15.7. The van der Waals surface area contributed by atoms with Gasteiger partial charge in [0.15, 0.2) is 11.5 Å². The Hall–Kier alpha value is -3.14. The highest BCUT2D eigenvalue weighted by atomic mass is 16.5. The quantitative estimate of drug-likeness (QED) is 0.793. The van der Waals surface area contributed by atoms with Crippen LogP contribution in [0, 0.1) is 11.3 Å². The van der Waals surface area contributed by atoms with E-state index in [9.17, 15) is 10.4 Å². The Morgan fingerprint density at radius 3 is 2.92 bits per heavy atom. The molecule has 7 nitrogen and oxygen atoms in total. The number of aromatic nitrogens is 2. The molecule has 4 N–H and O–H groups in total. The highest BCUT2D eigenvalue weighted by Crippen LogP contribution is 2.44. The molecule has 124 valence electrons. The zero-order chi connectivity index (χ0) is 17.3. The monoisotopic (exact) mass is 326 g/mol. The number of phenolic OH excluding ortho intramolecular Hbond substituents is 1. The number of aromatic amines is 1. The third-order valence-electron chi connectivity index (χ3n) is 4.05. The third kappa shape index (κ3) is 2.42. The Morgan fingerprint density at radius 1 is 1.50 bits per heavy atom. The summed E-state index contributed by atoms with van der Waals surface area (Å²) in [5.41, 5.74) is 8.60. The standard InChI is InChI=1S/C17H18N4O3/c1-3-4-11-15-14(9-5-6-13(23-2)12(22)7-9)10(8-18)16(19)24-17(15)21-20-11/h5-7,14,22H,3-4,19H2,1-2H3,(H,20,21)/t14-/m0/s1. The van der Waals surface area contributed by atoms with Gasteiger partial charge in [0.25, 0.3) is 0 Å². The van der Waals surface area contributed by atoms with E-state index in [2.05, 4.69) is 23.2 Å². The minimum atomic E-state index is -0.448. The number of fused-ring (bicyclic) bond motifs is 1. The number of hydrogen-bond acceptors (Lipinski definition) is 6. The number of nitrogens with zero attached hydrogens (tertiary/aromatic N) is 2. The summed E-state index contributed by atoms with van der Waals surface area (Å²) in [5.74, 6) is 0.313. The molecule has 1 aliphatic rings. The van der Waals surface area contributed by atoms with Crippen molar-refractivity contribution in [2.45, 2.75) is 25.7 Å². The summed E-state index contributed by atoms with van der Waals surface area (Å²) in [6.07, 6.45) is 1.68. The highest BCUT2D eigenvalue weighted by molar-refractivity contribution is 5.57. The average molecular weight is 326 g/mol. The van der Waals surface area contributed by atoms with Crippen LogP contribution in [-0.4, -0.2) is 22.4 Å². The average Bonchev–Trinajstić information content (AvgIpc) is 2.96. The van der Waals surface area contributed by atoms with E-state index in [1.165, 1.54) is 7.11 Å². The SMILES string of the molecule is CCCc1[nH]nc2c1[C@@H](c1ccc(OC)c(O)c1)C(C#N)=C(N)O2. The van der Waals surface area contributed by atoms with Crippen molar-refractivity contribution in [2.75, 3.05) is 7.11 Å². The number of phenols is 1. The number of H-pyrrole nitrogens is 1. The van der Waals surface area contributed by atoms with Crippen LogP contribution in [-0.2, 0) is 6.42 Å². The lowest BCUT2D eigenvalue weighted by Crippen LogP contribution is -2.21. The molecule has 0 saturated heterocycles. The first-order chi connectivity index (χ1) is 11.6. The van der Waals surface area contributed by atoms with Crippen LogP contribution >= 0.6 is 0 Å². The highest BCUT2D eigenvalue weighted by Gasteiger charge is 2.35. The molecule has 24 heavy (non-hydrogen) atoms.